The molecule has 0 spiro atoms. The molecule has 0 aliphatic rings. The number of benzene rings is 2. The number of carbonyl (C=O) groups excluding carboxylic acids is 1. The van der Waals surface area contributed by atoms with Crippen LogP contribution in [0.4, 0.5) is 0 Å². The van der Waals surface area contributed by atoms with Crippen LogP contribution in [-0.2, 0) is 4.74 Å². The number of carbonyl (C=O) groups is 1. The van der Waals surface area contributed by atoms with Crippen LogP contribution in [0.15, 0.2) is 36.4 Å². The normalized spacial score (nSPS) is 10.2. The molecule has 2 aromatic rings. The molecule has 0 amide bonds. The van der Waals surface area contributed by atoms with Gasteiger partial charge >= 0.3 is 5.97 Å². The van der Waals surface area contributed by atoms with Crippen molar-refractivity contribution in [3.8, 4) is 28.4 Å². The maximum atomic E-state index is 11.9. The van der Waals surface area contributed by atoms with Gasteiger partial charge in [-0.15, -0.1) is 0 Å². The Bertz CT molecular complexity index is 692. The summed E-state index contributed by atoms with van der Waals surface area (Å²) in [7, 11) is 4.50. The molecule has 0 aliphatic heterocycles. The van der Waals surface area contributed by atoms with Crippen LogP contribution in [-0.4, -0.2) is 40.5 Å². The lowest BCUT2D eigenvalue weighted by atomic mass is 10.0. The van der Waals surface area contributed by atoms with E-state index in [1.807, 2.05) is 18.2 Å². The molecule has 0 heterocycles. The summed E-state index contributed by atoms with van der Waals surface area (Å²) in [5.74, 6) is 1.40. The van der Waals surface area contributed by atoms with E-state index in [1.165, 1.54) is 7.11 Å². The maximum absolute atomic E-state index is 11.9. The van der Waals surface area contributed by atoms with Crippen molar-refractivity contribution in [2.24, 2.45) is 5.73 Å². The molecule has 0 saturated heterocycles. The van der Waals surface area contributed by atoms with Gasteiger partial charge in [0.1, 0.15) is 23.9 Å². The summed E-state index contributed by atoms with van der Waals surface area (Å²) in [6.45, 7) is 0.732. The predicted octanol–water partition coefficient (Wildman–Crippen LogP) is 2.49. The van der Waals surface area contributed by atoms with E-state index in [0.717, 1.165) is 11.1 Å². The molecule has 0 saturated carbocycles. The van der Waals surface area contributed by atoms with Gasteiger partial charge in [0, 0.05) is 12.6 Å². The van der Waals surface area contributed by atoms with Gasteiger partial charge in [-0.3, -0.25) is 0 Å². The molecule has 2 N–H and O–H groups in total. The molecule has 6 heteroatoms. The zero-order valence-electron chi connectivity index (χ0n) is 14.0. The molecule has 0 aromatic heterocycles. The summed E-state index contributed by atoms with van der Waals surface area (Å²) in [6.07, 6.45) is 0. The summed E-state index contributed by atoms with van der Waals surface area (Å²) in [6, 6.07) is 10.7. The highest BCUT2D eigenvalue weighted by molar-refractivity contribution is 5.91. The first-order valence-corrected chi connectivity index (χ1v) is 7.41. The Kier molecular flexibility index (Phi) is 6.03. The third kappa shape index (κ3) is 4.17. The second kappa shape index (κ2) is 8.21. The first kappa shape index (κ1) is 17.6. The zero-order valence-corrected chi connectivity index (χ0v) is 14.0. The van der Waals surface area contributed by atoms with Crippen molar-refractivity contribution >= 4 is 5.97 Å². The van der Waals surface area contributed by atoms with Gasteiger partial charge in [-0.05, 0) is 41.5 Å². The number of ether oxygens (including phenoxy) is 4. The molecular formula is C18H21NO5. The number of nitrogens with two attached hydrogens (primary N) is 1. The van der Waals surface area contributed by atoms with E-state index >= 15 is 0 Å². The van der Waals surface area contributed by atoms with E-state index in [0.29, 0.717) is 36.0 Å². The van der Waals surface area contributed by atoms with Crippen LogP contribution < -0.4 is 19.9 Å². The second-order valence-electron chi connectivity index (χ2n) is 4.98. The minimum absolute atomic E-state index is 0.353. The fourth-order valence-corrected chi connectivity index (χ4v) is 2.24. The van der Waals surface area contributed by atoms with Gasteiger partial charge in [0.15, 0.2) is 0 Å². The van der Waals surface area contributed by atoms with Gasteiger partial charge < -0.3 is 24.7 Å². The Morgan fingerprint density at radius 1 is 0.875 bits per heavy atom. The van der Waals surface area contributed by atoms with Gasteiger partial charge in [-0.25, -0.2) is 4.79 Å². The van der Waals surface area contributed by atoms with E-state index < -0.39 is 5.97 Å². The lowest BCUT2D eigenvalue weighted by molar-refractivity contribution is 0.0600. The first-order valence-electron chi connectivity index (χ1n) is 7.41. The Morgan fingerprint density at radius 2 is 1.46 bits per heavy atom. The number of esters is 1. The fourth-order valence-electron chi connectivity index (χ4n) is 2.24. The van der Waals surface area contributed by atoms with E-state index in [1.54, 1.807) is 32.4 Å². The molecule has 0 aliphatic carbocycles. The van der Waals surface area contributed by atoms with Crippen LogP contribution >= 0.6 is 0 Å². The number of hydrogen-bond donors (Lipinski definition) is 1. The van der Waals surface area contributed by atoms with Gasteiger partial charge in [-0.2, -0.15) is 0 Å². The topological polar surface area (TPSA) is 80.0 Å². The largest absolute Gasteiger partial charge is 0.497 e. The number of hydrogen-bond acceptors (Lipinski definition) is 6. The first-order chi connectivity index (χ1) is 11.6. The summed E-state index contributed by atoms with van der Waals surface area (Å²) in [5.41, 5.74) is 7.48. The van der Waals surface area contributed by atoms with Crippen LogP contribution in [0.25, 0.3) is 11.1 Å². The van der Waals surface area contributed by atoms with E-state index in [4.69, 9.17) is 24.7 Å². The predicted molar refractivity (Wildman–Crippen MR) is 90.9 cm³/mol. The molecule has 0 radical (unpaired) electrons. The third-order valence-electron chi connectivity index (χ3n) is 3.40. The van der Waals surface area contributed by atoms with E-state index in [9.17, 15) is 4.79 Å². The molecule has 0 fully saturated rings. The number of methoxy groups -OCH3 is 3. The van der Waals surface area contributed by atoms with Crippen molar-refractivity contribution in [2.75, 3.05) is 34.5 Å². The van der Waals surface area contributed by atoms with Crippen LogP contribution in [0.1, 0.15) is 10.4 Å². The van der Waals surface area contributed by atoms with Crippen LogP contribution in [0.2, 0.25) is 0 Å². The van der Waals surface area contributed by atoms with E-state index in [-0.39, 0.29) is 0 Å². The van der Waals surface area contributed by atoms with Gasteiger partial charge in [0.25, 0.3) is 0 Å². The second-order valence-corrected chi connectivity index (χ2v) is 4.98. The molecular weight excluding hydrogens is 310 g/mol. The van der Waals surface area contributed by atoms with Crippen molar-refractivity contribution < 1.29 is 23.7 Å². The molecule has 0 atom stereocenters. The minimum atomic E-state index is -0.440. The van der Waals surface area contributed by atoms with Crippen molar-refractivity contribution in [1.29, 1.82) is 0 Å². The SMILES string of the molecule is COC(=O)c1cc(OCCN)cc(-c2cc(OC)cc(OC)c2)c1. The molecule has 24 heavy (non-hydrogen) atoms. The van der Waals surface area contributed by atoms with Crippen LogP contribution in [0.5, 0.6) is 17.2 Å². The summed E-state index contributed by atoms with van der Waals surface area (Å²) < 4.78 is 21.0. The van der Waals surface area contributed by atoms with Crippen molar-refractivity contribution in [3.05, 3.63) is 42.0 Å². The number of rotatable bonds is 7. The molecule has 2 aromatic carbocycles. The summed E-state index contributed by atoms with van der Waals surface area (Å²) in [4.78, 5) is 11.9. The molecule has 0 bridgehead atoms. The van der Waals surface area contributed by atoms with Gasteiger partial charge in [-0.1, -0.05) is 0 Å². The molecule has 128 valence electrons. The highest BCUT2D eigenvalue weighted by Crippen LogP contribution is 2.32. The highest BCUT2D eigenvalue weighted by Gasteiger charge is 2.12. The summed E-state index contributed by atoms with van der Waals surface area (Å²) >= 11 is 0. The Balaban J connectivity index is 2.53. The fraction of sp³-hybridized carbons (Fsp3) is 0.278. The minimum Gasteiger partial charge on any atom is -0.497 e. The lowest BCUT2D eigenvalue weighted by Crippen LogP contribution is -2.11. The van der Waals surface area contributed by atoms with Crippen molar-refractivity contribution in [1.82, 2.24) is 0 Å². The summed E-state index contributed by atoms with van der Waals surface area (Å²) in [5, 5.41) is 0. The molecule has 0 unspecified atom stereocenters. The molecule has 6 nitrogen and oxygen atoms in total. The van der Waals surface area contributed by atoms with Crippen LogP contribution in [0, 0.1) is 0 Å². The van der Waals surface area contributed by atoms with Crippen molar-refractivity contribution in [2.45, 2.75) is 0 Å². The Hall–Kier alpha value is -2.73. The van der Waals surface area contributed by atoms with E-state index in [2.05, 4.69) is 0 Å². The average molecular weight is 331 g/mol. The Morgan fingerprint density at radius 3 is 2.00 bits per heavy atom. The zero-order chi connectivity index (χ0) is 17.5. The highest BCUT2D eigenvalue weighted by atomic mass is 16.5. The van der Waals surface area contributed by atoms with Crippen LogP contribution in [0.3, 0.4) is 0 Å². The smallest absolute Gasteiger partial charge is 0.338 e. The third-order valence-corrected chi connectivity index (χ3v) is 3.40. The Labute approximate surface area is 141 Å². The maximum Gasteiger partial charge on any atom is 0.338 e. The lowest BCUT2D eigenvalue weighted by Gasteiger charge is -2.12. The van der Waals surface area contributed by atoms with Gasteiger partial charge in [0.05, 0.1) is 26.9 Å². The monoisotopic (exact) mass is 331 g/mol. The quantitative estimate of drug-likeness (QED) is 0.785. The van der Waals surface area contributed by atoms with Gasteiger partial charge in [0.2, 0.25) is 0 Å². The van der Waals surface area contributed by atoms with Crippen molar-refractivity contribution in [3.63, 3.8) is 0 Å². The standard InChI is InChI=1S/C18H21NO5/c1-21-15-7-13(8-16(11-15)22-2)12-6-14(18(20)23-3)10-17(9-12)24-5-4-19/h6-11H,4-5,19H2,1-3H3. The molecule has 2 rings (SSSR count). The average Bonchev–Trinajstić information content (AvgIpc) is 2.64.